The van der Waals surface area contributed by atoms with Crippen molar-refractivity contribution >= 4 is 39.8 Å². The van der Waals surface area contributed by atoms with E-state index in [0.717, 1.165) is 12.1 Å². The number of nitriles is 1. The van der Waals surface area contributed by atoms with Crippen LogP contribution in [0, 0.1) is 20.3 Å². The van der Waals surface area contributed by atoms with Gasteiger partial charge >= 0.3 is 6.18 Å². The maximum absolute atomic E-state index is 12.4. The minimum absolute atomic E-state index is 0.275. The van der Waals surface area contributed by atoms with Crippen molar-refractivity contribution in [2.75, 3.05) is 5.43 Å². The molecule has 0 aliphatic heterocycles. The Morgan fingerprint density at radius 3 is 2.53 bits per heavy atom. The first-order valence-corrected chi connectivity index (χ1v) is 5.78. The Bertz CT molecular complexity index is 574. The first kappa shape index (κ1) is 15.2. The van der Waals surface area contributed by atoms with Crippen molar-refractivity contribution in [2.24, 2.45) is 10.8 Å². The van der Waals surface area contributed by atoms with Crippen LogP contribution in [0.4, 0.5) is 18.9 Å². The molecule has 0 fully saturated rings. The summed E-state index contributed by atoms with van der Waals surface area (Å²) in [6, 6.07) is 4.60. The molecule has 0 aliphatic rings. The van der Waals surface area contributed by atoms with Gasteiger partial charge in [-0.1, -0.05) is 0 Å². The number of amidine groups is 1. The lowest BCUT2D eigenvalue weighted by Gasteiger charge is -2.09. The summed E-state index contributed by atoms with van der Waals surface area (Å²) in [5.41, 5.74) is 6.61. The SMILES string of the molecule is N#C/C(=N\Nc1ccc(C(F)(F)F)cc1I)C(=N)N. The van der Waals surface area contributed by atoms with Crippen molar-refractivity contribution in [2.45, 2.75) is 6.18 Å². The third-order valence-electron chi connectivity index (χ3n) is 1.95. The Hall–Kier alpha value is -1.83. The van der Waals surface area contributed by atoms with Gasteiger partial charge in [0.25, 0.3) is 0 Å². The lowest BCUT2D eigenvalue weighted by atomic mass is 10.2. The van der Waals surface area contributed by atoms with Crippen LogP contribution >= 0.6 is 22.6 Å². The number of alkyl halides is 3. The van der Waals surface area contributed by atoms with Crippen molar-refractivity contribution in [1.82, 2.24) is 0 Å². The molecule has 0 radical (unpaired) electrons. The van der Waals surface area contributed by atoms with Crippen LogP contribution in [-0.2, 0) is 6.18 Å². The number of hydrogen-bond acceptors (Lipinski definition) is 4. The van der Waals surface area contributed by atoms with Gasteiger partial charge in [-0.25, -0.2) is 0 Å². The topological polar surface area (TPSA) is 98.0 Å². The Kier molecular flexibility index (Phi) is 4.71. The number of halogens is 4. The van der Waals surface area contributed by atoms with Crippen LogP contribution in [0.3, 0.4) is 0 Å². The molecule has 9 heteroatoms. The quantitative estimate of drug-likeness (QED) is 0.325. The number of anilines is 1. The molecule has 1 rings (SSSR count). The molecule has 0 bridgehead atoms. The van der Waals surface area contributed by atoms with Crippen LogP contribution in [0.1, 0.15) is 5.56 Å². The summed E-state index contributed by atoms with van der Waals surface area (Å²) in [5, 5.41) is 19.2. The zero-order valence-electron chi connectivity index (χ0n) is 9.22. The van der Waals surface area contributed by atoms with Crippen LogP contribution in [0.25, 0.3) is 0 Å². The molecule has 0 aliphatic carbocycles. The van der Waals surface area contributed by atoms with Gasteiger partial charge in [-0.05, 0) is 40.8 Å². The number of nitrogens with two attached hydrogens (primary N) is 1. The summed E-state index contributed by atoms with van der Waals surface area (Å²) < 4.78 is 37.6. The van der Waals surface area contributed by atoms with Gasteiger partial charge in [0.15, 0.2) is 5.84 Å². The second-order valence-electron chi connectivity index (χ2n) is 3.29. The first-order chi connectivity index (χ1) is 8.75. The molecule has 0 saturated heterocycles. The molecule has 0 aromatic heterocycles. The van der Waals surface area contributed by atoms with Gasteiger partial charge in [0.2, 0.25) is 5.71 Å². The van der Waals surface area contributed by atoms with Crippen molar-refractivity contribution in [1.29, 1.82) is 10.7 Å². The van der Waals surface area contributed by atoms with Crippen LogP contribution < -0.4 is 11.2 Å². The van der Waals surface area contributed by atoms with E-state index in [0.29, 0.717) is 0 Å². The summed E-state index contributed by atoms with van der Waals surface area (Å²) in [6.45, 7) is 0. The first-order valence-electron chi connectivity index (χ1n) is 4.70. The molecule has 1 aromatic rings. The highest BCUT2D eigenvalue weighted by Gasteiger charge is 2.30. The average Bonchev–Trinajstić information content (AvgIpc) is 2.29. The molecule has 0 saturated carbocycles. The number of nitrogens with one attached hydrogen (secondary N) is 2. The predicted octanol–water partition coefficient (Wildman–Crippen LogP) is 2.54. The summed E-state index contributed by atoms with van der Waals surface area (Å²) in [6.07, 6.45) is -4.42. The van der Waals surface area contributed by atoms with E-state index in [1.807, 2.05) is 0 Å². The van der Waals surface area contributed by atoms with E-state index in [-0.39, 0.29) is 15.0 Å². The van der Waals surface area contributed by atoms with E-state index in [9.17, 15) is 13.2 Å². The monoisotopic (exact) mass is 381 g/mol. The zero-order valence-corrected chi connectivity index (χ0v) is 11.4. The Morgan fingerprint density at radius 2 is 2.11 bits per heavy atom. The minimum Gasteiger partial charge on any atom is -0.382 e. The normalized spacial score (nSPS) is 11.8. The minimum atomic E-state index is -4.42. The second-order valence-corrected chi connectivity index (χ2v) is 4.45. The molecule has 0 atom stereocenters. The molecule has 19 heavy (non-hydrogen) atoms. The molecule has 0 spiro atoms. The molecule has 4 N–H and O–H groups in total. The molecular weight excluding hydrogens is 374 g/mol. The van der Waals surface area contributed by atoms with Crippen LogP contribution in [0.15, 0.2) is 23.3 Å². The van der Waals surface area contributed by atoms with Crippen LogP contribution in [0.2, 0.25) is 0 Å². The van der Waals surface area contributed by atoms with Crippen LogP contribution in [0.5, 0.6) is 0 Å². The summed E-state index contributed by atoms with van der Waals surface area (Å²) in [4.78, 5) is 0. The lowest BCUT2D eigenvalue weighted by Crippen LogP contribution is -2.22. The molecular formula is C10H7F3IN5. The van der Waals surface area contributed by atoms with E-state index in [4.69, 9.17) is 16.4 Å². The summed E-state index contributed by atoms with van der Waals surface area (Å²) in [5.74, 6) is -0.531. The second kappa shape index (κ2) is 5.87. The largest absolute Gasteiger partial charge is 0.416 e. The lowest BCUT2D eigenvalue weighted by molar-refractivity contribution is -0.137. The van der Waals surface area contributed by atoms with Gasteiger partial charge < -0.3 is 5.73 Å². The highest BCUT2D eigenvalue weighted by molar-refractivity contribution is 14.1. The number of hydrazone groups is 1. The fourth-order valence-electron chi connectivity index (χ4n) is 1.04. The van der Waals surface area contributed by atoms with Crippen molar-refractivity contribution in [3.8, 4) is 6.07 Å². The summed E-state index contributed by atoms with van der Waals surface area (Å²) in [7, 11) is 0. The van der Waals surface area contributed by atoms with Gasteiger partial charge in [-0.15, -0.1) is 0 Å². The third kappa shape index (κ3) is 4.09. The molecule has 5 nitrogen and oxygen atoms in total. The predicted molar refractivity (Wildman–Crippen MR) is 72.7 cm³/mol. The molecule has 0 amide bonds. The fraction of sp³-hybridized carbons (Fsp3) is 0.100. The Labute approximate surface area is 119 Å². The number of hydrogen-bond donors (Lipinski definition) is 3. The van der Waals surface area contributed by atoms with E-state index in [1.165, 1.54) is 6.07 Å². The summed E-state index contributed by atoms with van der Waals surface area (Å²) >= 11 is 1.70. The van der Waals surface area contributed by atoms with Crippen molar-refractivity contribution in [3.05, 3.63) is 27.3 Å². The van der Waals surface area contributed by atoms with Gasteiger partial charge in [-0.2, -0.15) is 23.5 Å². The van der Waals surface area contributed by atoms with Crippen molar-refractivity contribution < 1.29 is 13.2 Å². The molecule has 0 heterocycles. The van der Waals surface area contributed by atoms with Gasteiger partial charge in [0, 0.05) is 3.57 Å². The highest BCUT2D eigenvalue weighted by Crippen LogP contribution is 2.32. The zero-order chi connectivity index (χ0) is 14.6. The van der Waals surface area contributed by atoms with E-state index in [1.54, 1.807) is 28.7 Å². The van der Waals surface area contributed by atoms with Crippen LogP contribution in [-0.4, -0.2) is 11.5 Å². The molecule has 0 unspecified atom stereocenters. The van der Waals surface area contributed by atoms with Gasteiger partial charge in [-0.3, -0.25) is 10.8 Å². The fourth-order valence-corrected chi connectivity index (χ4v) is 1.68. The highest BCUT2D eigenvalue weighted by atomic mass is 127. The van der Waals surface area contributed by atoms with Crippen molar-refractivity contribution in [3.63, 3.8) is 0 Å². The average molecular weight is 381 g/mol. The standard InChI is InChI=1S/C10H7F3IN5/c11-10(12,13)5-1-2-7(6(14)3-5)18-19-8(4-15)9(16)17/h1-3,18H,(H3,16,17)/b19-8+. The third-order valence-corrected chi connectivity index (χ3v) is 2.84. The number of benzene rings is 1. The maximum Gasteiger partial charge on any atom is 0.416 e. The smallest absolute Gasteiger partial charge is 0.382 e. The Balaban J connectivity index is 3.00. The maximum atomic E-state index is 12.4. The Morgan fingerprint density at radius 1 is 1.47 bits per heavy atom. The van der Waals surface area contributed by atoms with E-state index in [2.05, 4.69) is 10.5 Å². The molecule has 100 valence electrons. The number of nitrogens with zero attached hydrogens (tertiary/aromatic N) is 2. The molecule has 1 aromatic carbocycles. The van der Waals surface area contributed by atoms with E-state index < -0.39 is 17.6 Å². The number of rotatable bonds is 3. The van der Waals surface area contributed by atoms with Gasteiger partial charge in [0.1, 0.15) is 6.07 Å². The van der Waals surface area contributed by atoms with E-state index >= 15 is 0 Å². The van der Waals surface area contributed by atoms with Gasteiger partial charge in [0.05, 0.1) is 11.3 Å².